The van der Waals surface area contributed by atoms with Gasteiger partial charge in [0.1, 0.15) is 18.7 Å². The lowest BCUT2D eigenvalue weighted by Crippen LogP contribution is -2.31. The molecule has 45 heavy (non-hydrogen) atoms. The summed E-state index contributed by atoms with van der Waals surface area (Å²) in [6.07, 6.45) is -4.19. The highest BCUT2D eigenvalue weighted by Gasteiger charge is 2.33. The van der Waals surface area contributed by atoms with Crippen molar-refractivity contribution in [2.75, 3.05) is 17.3 Å². The van der Waals surface area contributed by atoms with E-state index >= 15 is 0 Å². The highest BCUT2D eigenvalue weighted by molar-refractivity contribution is 8.15. The molecule has 5 rings (SSSR count). The van der Waals surface area contributed by atoms with E-state index in [1.54, 1.807) is 24.3 Å². The van der Waals surface area contributed by atoms with E-state index in [0.717, 1.165) is 11.1 Å². The number of halogens is 4. The minimum atomic E-state index is -4.77. The molecule has 0 bridgehead atoms. The molecule has 4 aromatic rings. The Bertz CT molecular complexity index is 1730. The van der Waals surface area contributed by atoms with Crippen LogP contribution in [0.2, 0.25) is 0 Å². The smallest absolute Gasteiger partial charge is 0.446 e. The first kappa shape index (κ1) is 32.0. The number of anilines is 1. The van der Waals surface area contributed by atoms with Gasteiger partial charge in [0.2, 0.25) is 5.91 Å². The first-order chi connectivity index (χ1) is 21.4. The van der Waals surface area contributed by atoms with Crippen LogP contribution in [0.1, 0.15) is 41.8 Å². The van der Waals surface area contributed by atoms with Crippen molar-refractivity contribution < 1.29 is 32.2 Å². The summed E-state index contributed by atoms with van der Waals surface area (Å²) in [5.41, 5.74) is 4.49. The third kappa shape index (κ3) is 7.84. The number of aryl methyl sites for hydroxylation is 1. The fourth-order valence-electron chi connectivity index (χ4n) is 4.53. The third-order valence-corrected chi connectivity index (χ3v) is 8.01. The Balaban J connectivity index is 1.20. The number of aliphatic imine (C=N–C) groups is 1. The Kier molecular flexibility index (Phi) is 9.49. The van der Waals surface area contributed by atoms with E-state index < -0.39 is 17.8 Å². The summed E-state index contributed by atoms with van der Waals surface area (Å²) in [6, 6.07) is 18.1. The van der Waals surface area contributed by atoms with E-state index in [0.29, 0.717) is 28.3 Å². The number of aromatic nitrogens is 3. The maximum atomic E-state index is 12.8. The summed E-state index contributed by atoms with van der Waals surface area (Å²) < 4.78 is 47.9. The minimum absolute atomic E-state index is 0.155. The summed E-state index contributed by atoms with van der Waals surface area (Å²) in [5.74, 6) is 0.200. The van der Waals surface area contributed by atoms with Crippen LogP contribution in [-0.2, 0) is 9.53 Å². The van der Waals surface area contributed by atoms with Gasteiger partial charge >= 0.3 is 12.5 Å². The number of amides is 2. The van der Waals surface area contributed by atoms with Gasteiger partial charge in [-0.1, -0.05) is 62.0 Å². The summed E-state index contributed by atoms with van der Waals surface area (Å²) in [4.78, 5) is 35.2. The van der Waals surface area contributed by atoms with E-state index in [-0.39, 0.29) is 35.1 Å². The number of carbonyl (C=O) groups excluding carboxylic acids is 2. The number of amidine groups is 1. The molecule has 0 saturated carbocycles. The number of rotatable bonds is 8. The van der Waals surface area contributed by atoms with Crippen molar-refractivity contribution in [3.05, 3.63) is 89.7 Å². The number of hydrogen-bond acceptors (Lipinski definition) is 7. The number of thioether (sulfide) groups is 1. The number of benzene rings is 3. The van der Waals surface area contributed by atoms with Crippen LogP contribution in [0.15, 0.2) is 78.0 Å². The van der Waals surface area contributed by atoms with E-state index in [1.165, 1.54) is 51.9 Å². The average Bonchev–Trinajstić information content (AvgIpc) is 3.62. The predicted octanol–water partition coefficient (Wildman–Crippen LogP) is 7.82. The molecule has 0 N–H and O–H groups in total. The normalized spacial score (nSPS) is 15.2. The quantitative estimate of drug-likeness (QED) is 0.178. The molecule has 1 fully saturated rings. The molecular formula is C31H27ClF3N5O4S. The highest BCUT2D eigenvalue weighted by Crippen LogP contribution is 2.34. The summed E-state index contributed by atoms with van der Waals surface area (Å²) in [7, 11) is 0. The van der Waals surface area contributed by atoms with Crippen LogP contribution in [0.4, 0.5) is 23.7 Å². The van der Waals surface area contributed by atoms with Crippen LogP contribution in [0.5, 0.6) is 5.75 Å². The van der Waals surface area contributed by atoms with Crippen molar-refractivity contribution in [3.63, 3.8) is 0 Å². The van der Waals surface area contributed by atoms with Gasteiger partial charge in [0.15, 0.2) is 11.0 Å². The van der Waals surface area contributed by atoms with Crippen molar-refractivity contribution in [1.82, 2.24) is 14.8 Å². The first-order valence-corrected chi connectivity index (χ1v) is 15.1. The van der Waals surface area contributed by atoms with Gasteiger partial charge in [-0.2, -0.15) is 4.99 Å². The van der Waals surface area contributed by atoms with Crippen molar-refractivity contribution >= 4 is 46.2 Å². The second-order valence-corrected chi connectivity index (χ2v) is 11.8. The fraction of sp³-hybridized carbons (Fsp3) is 0.258. The van der Waals surface area contributed by atoms with Crippen LogP contribution in [0.3, 0.4) is 0 Å². The lowest BCUT2D eigenvalue weighted by molar-refractivity contribution is -0.274. The largest absolute Gasteiger partial charge is 0.573 e. The second-order valence-electron chi connectivity index (χ2n) is 10.4. The first-order valence-electron chi connectivity index (χ1n) is 13.7. The maximum Gasteiger partial charge on any atom is 0.573 e. The molecule has 2 heterocycles. The molecule has 2 amide bonds. The maximum absolute atomic E-state index is 12.8. The molecule has 0 radical (unpaired) electrons. The number of alkyl halides is 4. The van der Waals surface area contributed by atoms with Crippen LogP contribution in [0, 0.1) is 6.92 Å². The zero-order chi connectivity index (χ0) is 32.3. The highest BCUT2D eigenvalue weighted by atomic mass is 35.5. The molecule has 234 valence electrons. The molecule has 1 unspecified atom stereocenters. The van der Waals surface area contributed by atoms with Crippen LogP contribution in [-0.4, -0.2) is 50.7 Å². The number of ether oxygens (including phenoxy) is 2. The average molecular weight is 658 g/mol. The van der Waals surface area contributed by atoms with Crippen LogP contribution in [0.25, 0.3) is 17.1 Å². The number of nitrogens with zero attached hydrogens (tertiary/aromatic N) is 5. The van der Waals surface area contributed by atoms with Gasteiger partial charge in [-0.25, -0.2) is 14.5 Å². The second kappa shape index (κ2) is 13.3. The Morgan fingerprint density at radius 2 is 1.80 bits per heavy atom. The molecule has 1 aromatic heterocycles. The molecule has 1 saturated heterocycles. The molecule has 9 nitrogen and oxygen atoms in total. The van der Waals surface area contributed by atoms with Gasteiger partial charge in [0.25, 0.3) is 0 Å². The van der Waals surface area contributed by atoms with Crippen molar-refractivity contribution in [3.8, 4) is 22.8 Å². The number of hydrogen-bond donors (Lipinski definition) is 0. The van der Waals surface area contributed by atoms with Gasteiger partial charge in [0.05, 0.1) is 22.5 Å². The molecule has 0 aliphatic carbocycles. The van der Waals surface area contributed by atoms with E-state index in [1.807, 2.05) is 39.0 Å². The summed E-state index contributed by atoms with van der Waals surface area (Å²) in [5, 5.41) is 3.96. The van der Waals surface area contributed by atoms with Crippen molar-refractivity contribution in [2.45, 2.75) is 38.4 Å². The zero-order valence-corrected chi connectivity index (χ0v) is 25.9. The van der Waals surface area contributed by atoms with Crippen molar-refractivity contribution in [2.24, 2.45) is 4.99 Å². The van der Waals surface area contributed by atoms with Gasteiger partial charge in [-0.15, -0.1) is 29.9 Å². The zero-order valence-electron chi connectivity index (χ0n) is 24.3. The van der Waals surface area contributed by atoms with Crippen molar-refractivity contribution in [1.29, 1.82) is 0 Å². The van der Waals surface area contributed by atoms with E-state index in [4.69, 9.17) is 16.3 Å². The minimum Gasteiger partial charge on any atom is -0.446 e. The molecule has 1 aliphatic heterocycles. The van der Waals surface area contributed by atoms with Gasteiger partial charge in [-0.05, 0) is 59.9 Å². The van der Waals surface area contributed by atoms with Gasteiger partial charge < -0.3 is 9.47 Å². The Morgan fingerprint density at radius 1 is 1.09 bits per heavy atom. The Hall–Kier alpha value is -4.36. The summed E-state index contributed by atoms with van der Waals surface area (Å²) >= 11 is 7.68. The lowest BCUT2D eigenvalue weighted by atomic mass is 9.99. The topological polar surface area (TPSA) is 98.9 Å². The van der Waals surface area contributed by atoms with E-state index in [2.05, 4.69) is 19.8 Å². The van der Waals surface area contributed by atoms with Crippen LogP contribution < -0.4 is 9.64 Å². The summed E-state index contributed by atoms with van der Waals surface area (Å²) in [6.45, 7) is 5.85. The fourth-order valence-corrected chi connectivity index (χ4v) is 5.59. The van der Waals surface area contributed by atoms with E-state index in [9.17, 15) is 22.8 Å². The Morgan fingerprint density at radius 3 is 2.47 bits per heavy atom. The molecule has 1 aliphatic rings. The Labute approximate surface area is 266 Å². The third-order valence-electron chi connectivity index (χ3n) is 6.71. The number of carbonyl (C=O) groups is 2. The van der Waals surface area contributed by atoms with Crippen LogP contribution >= 0.6 is 23.4 Å². The molecule has 3 aromatic carbocycles. The SMILES string of the molecule is Cc1ccc(C(C)C)c(N2C(=O)CSC2=NC(=O)OCC(Cl)c2ccc(-c3ncn(-c4ccc(OC(F)(F)F)cc4)n3)cc2)c1. The monoisotopic (exact) mass is 657 g/mol. The predicted molar refractivity (Wildman–Crippen MR) is 166 cm³/mol. The molecule has 1 atom stereocenters. The standard InChI is InChI=1S/C31H27ClF3N5O4S/c1-18(2)24-13-4-19(3)14-26(24)40-27(41)16-45-29(40)37-30(42)43-15-25(32)20-5-7-21(8-6-20)28-36-17-39(38-28)22-9-11-23(12-10-22)44-31(33,34)35/h4-14,17-18,25H,15-16H2,1-3H3. The van der Waals surface area contributed by atoms with Gasteiger partial charge in [0, 0.05) is 5.56 Å². The lowest BCUT2D eigenvalue weighted by Gasteiger charge is -2.22. The molecule has 14 heteroatoms. The van der Waals surface area contributed by atoms with Gasteiger partial charge in [-0.3, -0.25) is 9.69 Å². The molecule has 0 spiro atoms. The molecular weight excluding hydrogens is 631 g/mol.